The first kappa shape index (κ1) is 16.1. The molecule has 5 nitrogen and oxygen atoms in total. The molecule has 2 rings (SSSR count). The van der Waals surface area contributed by atoms with Crippen molar-refractivity contribution in [3.05, 3.63) is 46.5 Å². The Bertz CT molecular complexity index is 638. The summed E-state index contributed by atoms with van der Waals surface area (Å²) in [5.41, 5.74) is 1.77. The van der Waals surface area contributed by atoms with Crippen LogP contribution in [0.15, 0.2) is 35.9 Å². The highest BCUT2D eigenvalue weighted by Gasteiger charge is 2.10. The van der Waals surface area contributed by atoms with Gasteiger partial charge in [0.05, 0.1) is 0 Å². The molecule has 0 atom stereocenters. The van der Waals surface area contributed by atoms with Crippen LogP contribution in [0.3, 0.4) is 0 Å². The van der Waals surface area contributed by atoms with Crippen molar-refractivity contribution in [2.45, 2.75) is 6.92 Å². The van der Waals surface area contributed by atoms with Crippen LogP contribution in [0.25, 0.3) is 6.08 Å². The molecule has 0 saturated heterocycles. The Morgan fingerprint density at radius 2 is 2.09 bits per heavy atom. The molecule has 1 aliphatic rings. The highest BCUT2D eigenvalue weighted by molar-refractivity contribution is 6.30. The van der Waals surface area contributed by atoms with Crippen molar-refractivity contribution in [2.24, 2.45) is 0 Å². The molecule has 1 heterocycles. The summed E-state index contributed by atoms with van der Waals surface area (Å²) in [7, 11) is 0. The van der Waals surface area contributed by atoms with Gasteiger partial charge in [0, 0.05) is 36.7 Å². The van der Waals surface area contributed by atoms with Crippen molar-refractivity contribution in [2.75, 3.05) is 19.7 Å². The van der Waals surface area contributed by atoms with Gasteiger partial charge in [-0.15, -0.1) is 0 Å². The average Bonchev–Trinajstić information content (AvgIpc) is 2.49. The van der Waals surface area contributed by atoms with Crippen molar-refractivity contribution in [1.29, 1.82) is 0 Å². The number of hydrogen-bond acceptors (Lipinski definition) is 3. The van der Waals surface area contributed by atoms with Crippen LogP contribution in [0.4, 0.5) is 0 Å². The second-order valence-corrected chi connectivity index (χ2v) is 5.23. The molecule has 0 unspecified atom stereocenters. The molecular formula is C16H17ClN2O3. The van der Waals surface area contributed by atoms with Gasteiger partial charge in [-0.25, -0.2) is 0 Å². The van der Waals surface area contributed by atoms with Gasteiger partial charge in [-0.2, -0.15) is 0 Å². The van der Waals surface area contributed by atoms with Crippen molar-refractivity contribution in [3.8, 4) is 5.75 Å². The Morgan fingerprint density at radius 1 is 1.32 bits per heavy atom. The topological polar surface area (TPSA) is 67.4 Å². The van der Waals surface area contributed by atoms with E-state index >= 15 is 0 Å². The van der Waals surface area contributed by atoms with Crippen LogP contribution in [0.1, 0.15) is 12.5 Å². The summed E-state index contributed by atoms with van der Waals surface area (Å²) in [5, 5.41) is 5.92. The molecular weight excluding hydrogens is 304 g/mol. The van der Waals surface area contributed by atoms with Crippen LogP contribution in [-0.2, 0) is 9.59 Å². The van der Waals surface area contributed by atoms with E-state index in [2.05, 4.69) is 10.6 Å². The predicted octanol–water partition coefficient (Wildman–Crippen LogP) is 1.92. The van der Waals surface area contributed by atoms with Gasteiger partial charge < -0.3 is 15.4 Å². The summed E-state index contributed by atoms with van der Waals surface area (Å²) in [6, 6.07) is 5.42. The lowest BCUT2D eigenvalue weighted by Gasteiger charge is -2.16. The normalized spacial score (nSPS) is 13.1. The van der Waals surface area contributed by atoms with E-state index in [1.807, 2.05) is 18.2 Å². The number of fused-ring (bicyclic) bond motifs is 1. The average molecular weight is 321 g/mol. The standard InChI is InChI=1S/C16H17ClN2O3/c1-11(20)18-6-7-19-16(21)5-2-12-8-13-9-14(17)3-4-15(13)22-10-12/h2-5,8-9H,6-7,10H2,1H3,(H,18,20)(H,19,21)/b5-2+. The number of ether oxygens (including phenoxy) is 1. The third-order valence-electron chi connectivity index (χ3n) is 2.95. The molecule has 0 aromatic heterocycles. The number of rotatable bonds is 5. The van der Waals surface area contributed by atoms with Gasteiger partial charge in [-0.3, -0.25) is 9.59 Å². The maximum Gasteiger partial charge on any atom is 0.244 e. The molecule has 0 aliphatic carbocycles. The number of hydrogen-bond donors (Lipinski definition) is 2. The molecule has 116 valence electrons. The van der Waals surface area contributed by atoms with Crippen LogP contribution >= 0.6 is 11.6 Å². The Morgan fingerprint density at radius 3 is 2.86 bits per heavy atom. The molecule has 2 amide bonds. The second-order valence-electron chi connectivity index (χ2n) is 4.80. The van der Waals surface area contributed by atoms with Crippen molar-refractivity contribution in [3.63, 3.8) is 0 Å². The van der Waals surface area contributed by atoms with E-state index in [1.54, 1.807) is 12.1 Å². The zero-order valence-corrected chi connectivity index (χ0v) is 12.9. The summed E-state index contributed by atoms with van der Waals surface area (Å²) in [6.45, 7) is 2.63. The molecule has 0 saturated carbocycles. The monoisotopic (exact) mass is 320 g/mol. The van der Waals surface area contributed by atoms with E-state index in [9.17, 15) is 9.59 Å². The Labute approximate surface area is 134 Å². The Hall–Kier alpha value is -2.27. The zero-order valence-electron chi connectivity index (χ0n) is 12.2. The molecule has 1 aliphatic heterocycles. The molecule has 1 aromatic rings. The van der Waals surface area contributed by atoms with Gasteiger partial charge in [0.25, 0.3) is 0 Å². The van der Waals surface area contributed by atoms with Gasteiger partial charge in [0.1, 0.15) is 12.4 Å². The van der Waals surface area contributed by atoms with E-state index in [-0.39, 0.29) is 11.8 Å². The zero-order chi connectivity index (χ0) is 15.9. The molecule has 0 bridgehead atoms. The number of carbonyl (C=O) groups excluding carboxylic acids is 2. The number of amides is 2. The lowest BCUT2D eigenvalue weighted by atomic mass is 10.1. The van der Waals surface area contributed by atoms with E-state index in [1.165, 1.54) is 13.0 Å². The first-order valence-electron chi connectivity index (χ1n) is 6.88. The molecule has 0 radical (unpaired) electrons. The maximum atomic E-state index is 11.6. The fourth-order valence-corrected chi connectivity index (χ4v) is 2.11. The van der Waals surface area contributed by atoms with Crippen LogP contribution in [0, 0.1) is 0 Å². The minimum absolute atomic E-state index is 0.119. The Balaban J connectivity index is 1.88. The molecule has 22 heavy (non-hydrogen) atoms. The van der Waals surface area contributed by atoms with Crippen molar-refractivity contribution in [1.82, 2.24) is 10.6 Å². The first-order valence-corrected chi connectivity index (χ1v) is 7.25. The van der Waals surface area contributed by atoms with Crippen LogP contribution in [0.5, 0.6) is 5.75 Å². The van der Waals surface area contributed by atoms with Gasteiger partial charge in [-0.05, 0) is 29.8 Å². The van der Waals surface area contributed by atoms with Crippen molar-refractivity contribution >= 4 is 29.5 Å². The molecule has 0 spiro atoms. The SMILES string of the molecule is CC(=O)NCCNC(=O)/C=C/C1=Cc2cc(Cl)ccc2OC1. The van der Waals surface area contributed by atoms with E-state index < -0.39 is 0 Å². The fraction of sp³-hybridized carbons (Fsp3) is 0.250. The first-order chi connectivity index (χ1) is 10.5. The molecule has 0 fully saturated rings. The lowest BCUT2D eigenvalue weighted by Crippen LogP contribution is -2.32. The third-order valence-corrected chi connectivity index (χ3v) is 3.19. The quantitative estimate of drug-likeness (QED) is 0.643. The van der Waals surface area contributed by atoms with Crippen LogP contribution < -0.4 is 15.4 Å². The molecule has 2 N–H and O–H groups in total. The summed E-state index contributed by atoms with van der Waals surface area (Å²) < 4.78 is 5.59. The highest BCUT2D eigenvalue weighted by Crippen LogP contribution is 2.29. The fourth-order valence-electron chi connectivity index (χ4n) is 1.93. The van der Waals surface area contributed by atoms with E-state index in [0.717, 1.165) is 16.9 Å². The van der Waals surface area contributed by atoms with Crippen LogP contribution in [0.2, 0.25) is 5.02 Å². The number of nitrogens with one attached hydrogen (secondary N) is 2. The van der Waals surface area contributed by atoms with Gasteiger partial charge in [0.2, 0.25) is 11.8 Å². The van der Waals surface area contributed by atoms with Crippen molar-refractivity contribution < 1.29 is 14.3 Å². The number of halogens is 1. The second kappa shape index (κ2) is 7.66. The minimum Gasteiger partial charge on any atom is -0.488 e. The Kier molecular flexibility index (Phi) is 5.61. The molecule has 6 heteroatoms. The predicted molar refractivity (Wildman–Crippen MR) is 85.8 cm³/mol. The lowest BCUT2D eigenvalue weighted by molar-refractivity contribution is -0.119. The smallest absolute Gasteiger partial charge is 0.244 e. The largest absolute Gasteiger partial charge is 0.488 e. The van der Waals surface area contributed by atoms with E-state index in [0.29, 0.717) is 24.7 Å². The number of carbonyl (C=O) groups is 2. The summed E-state index contributed by atoms with van der Waals surface area (Å²) in [5.74, 6) is 0.441. The van der Waals surface area contributed by atoms with Gasteiger partial charge in [0.15, 0.2) is 0 Å². The third kappa shape index (κ3) is 4.93. The van der Waals surface area contributed by atoms with Gasteiger partial charge >= 0.3 is 0 Å². The highest BCUT2D eigenvalue weighted by atomic mass is 35.5. The number of benzene rings is 1. The van der Waals surface area contributed by atoms with Crippen LogP contribution in [-0.4, -0.2) is 31.5 Å². The molecule has 1 aromatic carbocycles. The minimum atomic E-state index is -0.219. The van der Waals surface area contributed by atoms with E-state index in [4.69, 9.17) is 16.3 Å². The summed E-state index contributed by atoms with van der Waals surface area (Å²) >= 11 is 5.95. The maximum absolute atomic E-state index is 11.6. The summed E-state index contributed by atoms with van der Waals surface area (Å²) in [6.07, 6.45) is 5.09. The van der Waals surface area contributed by atoms with Gasteiger partial charge in [-0.1, -0.05) is 17.7 Å². The summed E-state index contributed by atoms with van der Waals surface area (Å²) in [4.78, 5) is 22.3.